The molecule has 1 atom stereocenters. The smallest absolute Gasteiger partial charge is 0.241 e. The van der Waals surface area contributed by atoms with Gasteiger partial charge < -0.3 is 15.4 Å². The van der Waals surface area contributed by atoms with Crippen LogP contribution in [0.15, 0.2) is 24.3 Å². The molecule has 2 rings (SSSR count). The molecule has 1 amide bonds. The molecule has 0 aromatic heterocycles. The van der Waals surface area contributed by atoms with E-state index in [4.69, 9.17) is 4.74 Å². The topological polar surface area (TPSA) is 50.4 Å². The molecule has 0 aliphatic carbocycles. The highest BCUT2D eigenvalue weighted by Crippen LogP contribution is 2.17. The van der Waals surface area contributed by atoms with Crippen LogP contribution in [0, 0.1) is 5.92 Å². The third-order valence-corrected chi connectivity index (χ3v) is 3.71. The summed E-state index contributed by atoms with van der Waals surface area (Å²) < 4.78 is 5.67. The molecule has 1 unspecified atom stereocenters. The van der Waals surface area contributed by atoms with Crippen molar-refractivity contribution >= 4 is 24.0 Å². The lowest BCUT2D eigenvalue weighted by Gasteiger charge is -2.22. The highest BCUT2D eigenvalue weighted by atomic mass is 35.5. The van der Waals surface area contributed by atoms with Crippen LogP contribution in [0.4, 0.5) is 5.69 Å². The van der Waals surface area contributed by atoms with Crippen LogP contribution in [0.3, 0.4) is 0 Å². The van der Waals surface area contributed by atoms with Crippen molar-refractivity contribution in [2.45, 2.75) is 45.6 Å². The number of piperidine rings is 1. The zero-order chi connectivity index (χ0) is 15.1. The van der Waals surface area contributed by atoms with Gasteiger partial charge in [0.15, 0.2) is 0 Å². The second kappa shape index (κ2) is 9.70. The monoisotopic (exact) mass is 326 g/mol. The highest BCUT2D eigenvalue weighted by Gasteiger charge is 2.20. The number of benzene rings is 1. The molecule has 0 saturated carbocycles. The van der Waals surface area contributed by atoms with Crippen molar-refractivity contribution in [3.8, 4) is 5.75 Å². The van der Waals surface area contributed by atoms with E-state index in [1.54, 1.807) is 0 Å². The molecule has 5 heteroatoms. The molecule has 1 heterocycles. The van der Waals surface area contributed by atoms with Gasteiger partial charge in [-0.2, -0.15) is 0 Å². The van der Waals surface area contributed by atoms with Gasteiger partial charge in [0, 0.05) is 5.69 Å². The number of hydrogen-bond donors (Lipinski definition) is 2. The van der Waals surface area contributed by atoms with E-state index in [2.05, 4.69) is 24.5 Å². The molecule has 0 spiro atoms. The van der Waals surface area contributed by atoms with Gasteiger partial charge >= 0.3 is 0 Å². The molecule has 1 saturated heterocycles. The predicted molar refractivity (Wildman–Crippen MR) is 92.9 cm³/mol. The largest absolute Gasteiger partial charge is 0.494 e. The van der Waals surface area contributed by atoms with E-state index in [0.717, 1.165) is 50.3 Å². The number of rotatable bonds is 6. The lowest BCUT2D eigenvalue weighted by molar-refractivity contribution is -0.118. The molecular weight excluding hydrogens is 300 g/mol. The summed E-state index contributed by atoms with van der Waals surface area (Å²) in [6.45, 7) is 6.03. The fourth-order valence-corrected chi connectivity index (χ4v) is 2.35. The summed E-state index contributed by atoms with van der Waals surface area (Å²) in [6.07, 6.45) is 4.24. The molecule has 22 heavy (non-hydrogen) atoms. The van der Waals surface area contributed by atoms with Crippen LogP contribution in [-0.4, -0.2) is 25.1 Å². The first-order chi connectivity index (χ1) is 10.1. The summed E-state index contributed by atoms with van der Waals surface area (Å²) in [6, 6.07) is 7.55. The third kappa shape index (κ3) is 6.24. The maximum atomic E-state index is 12.1. The van der Waals surface area contributed by atoms with Gasteiger partial charge in [0.1, 0.15) is 5.75 Å². The molecule has 1 aliphatic rings. The highest BCUT2D eigenvalue weighted by molar-refractivity contribution is 5.94. The number of hydrogen-bond acceptors (Lipinski definition) is 3. The zero-order valence-corrected chi connectivity index (χ0v) is 14.2. The Balaban J connectivity index is 0.00000242. The van der Waals surface area contributed by atoms with Crippen LogP contribution >= 0.6 is 12.4 Å². The first-order valence-electron chi connectivity index (χ1n) is 7.92. The summed E-state index contributed by atoms with van der Waals surface area (Å²) in [7, 11) is 0. The normalized spacial score (nSPS) is 17.7. The van der Waals surface area contributed by atoms with Crippen molar-refractivity contribution < 1.29 is 9.53 Å². The van der Waals surface area contributed by atoms with E-state index >= 15 is 0 Å². The summed E-state index contributed by atoms with van der Waals surface area (Å²) in [5, 5.41) is 6.21. The minimum Gasteiger partial charge on any atom is -0.494 e. The van der Waals surface area contributed by atoms with Gasteiger partial charge in [-0.25, -0.2) is 0 Å². The van der Waals surface area contributed by atoms with E-state index in [9.17, 15) is 4.79 Å². The van der Waals surface area contributed by atoms with Crippen molar-refractivity contribution in [1.82, 2.24) is 5.32 Å². The van der Waals surface area contributed by atoms with Crippen molar-refractivity contribution in [3.63, 3.8) is 0 Å². The second-order valence-corrected chi connectivity index (χ2v) is 6.05. The van der Waals surface area contributed by atoms with Gasteiger partial charge in [0.2, 0.25) is 5.91 Å². The van der Waals surface area contributed by atoms with Crippen molar-refractivity contribution in [3.05, 3.63) is 24.3 Å². The Morgan fingerprint density at radius 3 is 2.64 bits per heavy atom. The number of nitrogens with one attached hydrogen (secondary N) is 2. The van der Waals surface area contributed by atoms with Gasteiger partial charge in [-0.1, -0.05) is 20.3 Å². The van der Waals surface area contributed by atoms with Crippen molar-refractivity contribution in [2.24, 2.45) is 5.92 Å². The Morgan fingerprint density at radius 1 is 1.32 bits per heavy atom. The predicted octanol–water partition coefficient (Wildman–Crippen LogP) is 3.61. The van der Waals surface area contributed by atoms with Crippen LogP contribution in [0.25, 0.3) is 0 Å². The molecule has 4 nitrogen and oxygen atoms in total. The Labute approximate surface area is 139 Å². The van der Waals surface area contributed by atoms with E-state index in [1.807, 2.05) is 24.3 Å². The first kappa shape index (κ1) is 18.8. The minimum atomic E-state index is -0.0549. The van der Waals surface area contributed by atoms with Crippen LogP contribution in [0.1, 0.15) is 39.5 Å². The molecule has 1 aliphatic heterocycles. The number of amides is 1. The summed E-state index contributed by atoms with van der Waals surface area (Å²) in [4.78, 5) is 12.1. The van der Waals surface area contributed by atoms with Crippen molar-refractivity contribution in [1.29, 1.82) is 0 Å². The van der Waals surface area contributed by atoms with Crippen LogP contribution in [0.5, 0.6) is 5.75 Å². The fraction of sp³-hybridized carbons (Fsp3) is 0.588. The lowest BCUT2D eigenvalue weighted by Crippen LogP contribution is -2.43. The van der Waals surface area contributed by atoms with Crippen LogP contribution in [0.2, 0.25) is 0 Å². The SMILES string of the molecule is CC(C)CCOc1ccc(NC(=O)C2CCCCN2)cc1.Cl. The number of carbonyl (C=O) groups is 1. The number of anilines is 1. The van der Waals surface area contributed by atoms with Gasteiger partial charge in [-0.3, -0.25) is 4.79 Å². The summed E-state index contributed by atoms with van der Waals surface area (Å²) >= 11 is 0. The molecule has 0 bridgehead atoms. The van der Waals surface area contributed by atoms with E-state index in [1.165, 1.54) is 0 Å². The van der Waals surface area contributed by atoms with E-state index in [0.29, 0.717) is 5.92 Å². The average Bonchev–Trinajstić information content (AvgIpc) is 2.49. The Morgan fingerprint density at radius 2 is 2.05 bits per heavy atom. The van der Waals surface area contributed by atoms with Crippen LogP contribution in [-0.2, 0) is 4.79 Å². The lowest BCUT2D eigenvalue weighted by atomic mass is 10.0. The third-order valence-electron chi connectivity index (χ3n) is 3.71. The van der Waals surface area contributed by atoms with E-state index in [-0.39, 0.29) is 24.4 Å². The molecule has 1 aromatic carbocycles. The number of ether oxygens (including phenoxy) is 1. The quantitative estimate of drug-likeness (QED) is 0.839. The molecular formula is C17H27ClN2O2. The number of halogens is 1. The van der Waals surface area contributed by atoms with Crippen LogP contribution < -0.4 is 15.4 Å². The summed E-state index contributed by atoms with van der Waals surface area (Å²) in [5.74, 6) is 1.55. The Bertz CT molecular complexity index is 442. The standard InChI is InChI=1S/C17H26N2O2.ClH/c1-13(2)10-12-21-15-8-6-14(7-9-15)19-17(20)16-5-3-4-11-18-16;/h6-9,13,16,18H,3-5,10-12H2,1-2H3,(H,19,20);1H. The number of carbonyl (C=O) groups excluding carboxylic acids is 1. The van der Waals surface area contributed by atoms with Gasteiger partial charge in [-0.15, -0.1) is 12.4 Å². The zero-order valence-electron chi connectivity index (χ0n) is 13.4. The van der Waals surface area contributed by atoms with Gasteiger partial charge in [0.05, 0.1) is 12.6 Å². The molecule has 0 radical (unpaired) electrons. The molecule has 124 valence electrons. The molecule has 2 N–H and O–H groups in total. The Hall–Kier alpha value is -1.26. The molecule has 1 aromatic rings. The van der Waals surface area contributed by atoms with Crippen molar-refractivity contribution in [2.75, 3.05) is 18.5 Å². The van der Waals surface area contributed by atoms with E-state index < -0.39 is 0 Å². The fourth-order valence-electron chi connectivity index (χ4n) is 2.35. The molecule has 1 fully saturated rings. The van der Waals surface area contributed by atoms with Gasteiger partial charge in [-0.05, 0) is 56.0 Å². The summed E-state index contributed by atoms with van der Waals surface area (Å²) in [5.41, 5.74) is 0.823. The maximum Gasteiger partial charge on any atom is 0.241 e. The second-order valence-electron chi connectivity index (χ2n) is 6.05. The van der Waals surface area contributed by atoms with Gasteiger partial charge in [0.25, 0.3) is 0 Å². The minimum absolute atomic E-state index is 0. The Kier molecular flexibility index (Phi) is 8.28. The first-order valence-corrected chi connectivity index (χ1v) is 7.92. The maximum absolute atomic E-state index is 12.1. The average molecular weight is 327 g/mol.